The molecule has 2 rings (SSSR count). The van der Waals surface area contributed by atoms with Crippen molar-refractivity contribution in [2.75, 3.05) is 25.6 Å². The number of carbonyl (C=O) groups is 1. The van der Waals surface area contributed by atoms with Crippen molar-refractivity contribution in [1.29, 1.82) is 0 Å². The van der Waals surface area contributed by atoms with E-state index >= 15 is 0 Å². The minimum atomic E-state index is -3.30. The standard InChI is InChI=1S/C17H26N2O5S2/c1-4-16(13-7-9-15(10-8-13)25(2,21)22)18-17(20)14-6-5-11-19(12-14)26(3,23)24/h7-10,14,16H,4-6,11-12H2,1-3H3,(H,18,20)/t14-,16-/m1/s1. The van der Waals surface area contributed by atoms with Crippen molar-refractivity contribution < 1.29 is 21.6 Å². The predicted molar refractivity (Wildman–Crippen MR) is 99.9 cm³/mol. The Labute approximate surface area is 155 Å². The fourth-order valence-electron chi connectivity index (χ4n) is 3.12. The molecule has 1 saturated heterocycles. The number of nitrogens with one attached hydrogen (secondary N) is 1. The molecule has 1 aliphatic rings. The number of rotatable bonds is 6. The highest BCUT2D eigenvalue weighted by Crippen LogP contribution is 2.23. The molecule has 9 heteroatoms. The van der Waals surface area contributed by atoms with Crippen molar-refractivity contribution in [1.82, 2.24) is 9.62 Å². The zero-order chi connectivity index (χ0) is 19.5. The second-order valence-corrected chi connectivity index (χ2v) is 10.8. The van der Waals surface area contributed by atoms with E-state index in [2.05, 4.69) is 5.32 Å². The van der Waals surface area contributed by atoms with Crippen molar-refractivity contribution in [2.24, 2.45) is 5.92 Å². The SMILES string of the molecule is CC[C@@H](NC(=O)[C@@H]1CCCN(S(C)(=O)=O)C1)c1ccc(S(C)(=O)=O)cc1. The minimum Gasteiger partial charge on any atom is -0.349 e. The van der Waals surface area contributed by atoms with Crippen LogP contribution >= 0.6 is 0 Å². The Balaban J connectivity index is 2.08. The summed E-state index contributed by atoms with van der Waals surface area (Å²) in [6.45, 7) is 2.58. The zero-order valence-corrected chi connectivity index (χ0v) is 16.9. The van der Waals surface area contributed by atoms with E-state index in [0.29, 0.717) is 25.8 Å². The van der Waals surface area contributed by atoms with Gasteiger partial charge in [0, 0.05) is 19.3 Å². The van der Waals surface area contributed by atoms with E-state index in [1.807, 2.05) is 6.92 Å². The Hall–Kier alpha value is -1.45. The second kappa shape index (κ2) is 8.06. The Morgan fingerprint density at radius 3 is 2.31 bits per heavy atom. The minimum absolute atomic E-state index is 0.169. The lowest BCUT2D eigenvalue weighted by Crippen LogP contribution is -2.45. The third-order valence-corrected chi connectivity index (χ3v) is 7.06. The number of amides is 1. The largest absolute Gasteiger partial charge is 0.349 e. The molecule has 0 radical (unpaired) electrons. The summed E-state index contributed by atoms with van der Waals surface area (Å²) >= 11 is 0. The van der Waals surface area contributed by atoms with E-state index < -0.39 is 19.9 Å². The molecule has 1 N–H and O–H groups in total. The Morgan fingerprint density at radius 1 is 1.19 bits per heavy atom. The lowest BCUT2D eigenvalue weighted by Gasteiger charge is -2.31. The molecule has 1 aromatic rings. The van der Waals surface area contributed by atoms with Crippen LogP contribution in [-0.2, 0) is 24.7 Å². The van der Waals surface area contributed by atoms with Crippen LogP contribution in [0.2, 0.25) is 0 Å². The summed E-state index contributed by atoms with van der Waals surface area (Å²) in [7, 11) is -6.56. The van der Waals surface area contributed by atoms with E-state index in [-0.39, 0.29) is 29.3 Å². The first-order valence-electron chi connectivity index (χ1n) is 8.58. The molecule has 1 aromatic carbocycles. The first-order valence-corrected chi connectivity index (χ1v) is 12.3. The van der Waals surface area contributed by atoms with E-state index in [9.17, 15) is 21.6 Å². The first kappa shape index (κ1) is 20.9. The molecule has 2 atom stereocenters. The first-order chi connectivity index (χ1) is 12.0. The van der Waals surface area contributed by atoms with Crippen LogP contribution in [0.25, 0.3) is 0 Å². The van der Waals surface area contributed by atoms with Crippen LogP contribution < -0.4 is 5.32 Å². The summed E-state index contributed by atoms with van der Waals surface area (Å²) in [5.74, 6) is -0.541. The molecule has 1 heterocycles. The average molecular weight is 403 g/mol. The lowest BCUT2D eigenvalue weighted by molar-refractivity contribution is -0.126. The van der Waals surface area contributed by atoms with Crippen LogP contribution in [0.1, 0.15) is 37.8 Å². The summed E-state index contributed by atoms with van der Waals surface area (Å²) in [5.41, 5.74) is 0.823. The van der Waals surface area contributed by atoms with Gasteiger partial charge in [0.15, 0.2) is 9.84 Å². The molecular weight excluding hydrogens is 376 g/mol. The van der Waals surface area contributed by atoms with Gasteiger partial charge in [-0.2, -0.15) is 0 Å². The van der Waals surface area contributed by atoms with Gasteiger partial charge >= 0.3 is 0 Å². The van der Waals surface area contributed by atoms with Gasteiger partial charge in [-0.15, -0.1) is 0 Å². The molecule has 0 aromatic heterocycles. The lowest BCUT2D eigenvalue weighted by atomic mass is 9.97. The molecule has 0 unspecified atom stereocenters. The van der Waals surface area contributed by atoms with Gasteiger partial charge in [-0.25, -0.2) is 21.1 Å². The van der Waals surface area contributed by atoms with Gasteiger partial charge in [-0.3, -0.25) is 4.79 Å². The van der Waals surface area contributed by atoms with Crippen LogP contribution in [-0.4, -0.2) is 52.6 Å². The van der Waals surface area contributed by atoms with Crippen LogP contribution in [0.3, 0.4) is 0 Å². The topological polar surface area (TPSA) is 101 Å². The van der Waals surface area contributed by atoms with Gasteiger partial charge in [0.25, 0.3) is 0 Å². The van der Waals surface area contributed by atoms with E-state index in [1.165, 1.54) is 16.4 Å². The summed E-state index contributed by atoms with van der Waals surface area (Å²) in [6.07, 6.45) is 4.27. The Morgan fingerprint density at radius 2 is 1.81 bits per heavy atom. The highest BCUT2D eigenvalue weighted by atomic mass is 32.2. The molecule has 0 spiro atoms. The zero-order valence-electron chi connectivity index (χ0n) is 15.3. The molecule has 146 valence electrons. The predicted octanol–water partition coefficient (Wildman–Crippen LogP) is 1.33. The van der Waals surface area contributed by atoms with Crippen molar-refractivity contribution in [3.05, 3.63) is 29.8 Å². The number of sulfone groups is 1. The quantitative estimate of drug-likeness (QED) is 0.774. The van der Waals surface area contributed by atoms with E-state index in [4.69, 9.17) is 0 Å². The number of benzene rings is 1. The smallest absolute Gasteiger partial charge is 0.224 e. The summed E-state index contributed by atoms with van der Waals surface area (Å²) in [6, 6.07) is 6.23. The molecule has 0 aliphatic carbocycles. The molecular formula is C17H26N2O5S2. The van der Waals surface area contributed by atoms with Gasteiger partial charge in [0.1, 0.15) is 0 Å². The maximum absolute atomic E-state index is 12.6. The molecule has 7 nitrogen and oxygen atoms in total. The molecule has 1 amide bonds. The molecule has 1 aliphatic heterocycles. The second-order valence-electron chi connectivity index (χ2n) is 6.77. The monoisotopic (exact) mass is 402 g/mol. The van der Waals surface area contributed by atoms with Crippen molar-refractivity contribution in [3.63, 3.8) is 0 Å². The number of piperidine rings is 1. The number of hydrogen-bond acceptors (Lipinski definition) is 5. The molecule has 0 saturated carbocycles. The Bertz CT molecular complexity index is 848. The van der Waals surface area contributed by atoms with Gasteiger partial charge in [0.2, 0.25) is 15.9 Å². The summed E-state index contributed by atoms with van der Waals surface area (Å²) in [4.78, 5) is 12.8. The van der Waals surface area contributed by atoms with Gasteiger partial charge < -0.3 is 5.32 Å². The maximum Gasteiger partial charge on any atom is 0.224 e. The van der Waals surface area contributed by atoms with Crippen LogP contribution in [0, 0.1) is 5.92 Å². The van der Waals surface area contributed by atoms with Crippen molar-refractivity contribution in [3.8, 4) is 0 Å². The number of sulfonamides is 1. The third-order valence-electron chi connectivity index (χ3n) is 4.66. The molecule has 1 fully saturated rings. The highest BCUT2D eigenvalue weighted by Gasteiger charge is 2.31. The van der Waals surface area contributed by atoms with Gasteiger partial charge in [0.05, 0.1) is 23.1 Å². The third kappa shape index (κ3) is 5.28. The van der Waals surface area contributed by atoms with Crippen molar-refractivity contribution in [2.45, 2.75) is 37.1 Å². The number of hydrogen-bond donors (Lipinski definition) is 1. The van der Waals surface area contributed by atoms with E-state index in [0.717, 1.165) is 18.1 Å². The highest BCUT2D eigenvalue weighted by molar-refractivity contribution is 7.90. The van der Waals surface area contributed by atoms with Gasteiger partial charge in [-0.1, -0.05) is 19.1 Å². The number of carbonyl (C=O) groups excluding carboxylic acids is 1. The average Bonchev–Trinajstić information content (AvgIpc) is 2.58. The normalized spacial score (nSPS) is 20.5. The van der Waals surface area contributed by atoms with Crippen LogP contribution in [0.4, 0.5) is 0 Å². The van der Waals surface area contributed by atoms with Crippen LogP contribution in [0.15, 0.2) is 29.2 Å². The summed E-state index contributed by atoms with van der Waals surface area (Å²) < 4.78 is 47.9. The molecule has 26 heavy (non-hydrogen) atoms. The van der Waals surface area contributed by atoms with E-state index in [1.54, 1.807) is 12.1 Å². The fourth-order valence-corrected chi connectivity index (χ4v) is 4.66. The van der Waals surface area contributed by atoms with Gasteiger partial charge in [-0.05, 0) is 37.0 Å². The summed E-state index contributed by atoms with van der Waals surface area (Å²) in [5, 5.41) is 2.97. The van der Waals surface area contributed by atoms with Crippen molar-refractivity contribution >= 4 is 25.8 Å². The maximum atomic E-state index is 12.6. The fraction of sp³-hybridized carbons (Fsp3) is 0.588. The number of nitrogens with zero attached hydrogens (tertiary/aromatic N) is 1. The van der Waals surface area contributed by atoms with Crippen LogP contribution in [0.5, 0.6) is 0 Å². The Kier molecular flexibility index (Phi) is 6.46. The molecule has 0 bridgehead atoms.